The number of carboxylic acids is 1. The van der Waals surface area contributed by atoms with E-state index >= 15 is 0 Å². The van der Waals surface area contributed by atoms with E-state index in [2.05, 4.69) is 15.4 Å². The highest BCUT2D eigenvalue weighted by atomic mass is 35.5. The molecule has 0 aliphatic carbocycles. The number of aliphatic carboxylic acids is 1. The molecule has 3 amide bonds. The first-order valence-corrected chi connectivity index (χ1v) is 12.5. The zero-order valence-electron chi connectivity index (χ0n) is 18.9. The standard InChI is InChI=1S/C23H25Cl2N3O6S/c1-34-23(33)26-12-15(11-18(30)31)22(32)27-16-4-7-28(8-5-16)17(29)3-2-13-10-14-6-9-35-21(14)20(25)19(13)24/h2-3,6,9-10,15-16H,4-5,7-8,11-12H2,1H3,(H,26,33)(H,27,32)(H,30,31). The van der Waals surface area contributed by atoms with Gasteiger partial charge < -0.3 is 25.4 Å². The minimum Gasteiger partial charge on any atom is -0.481 e. The third-order valence-corrected chi connectivity index (χ3v) is 7.62. The van der Waals surface area contributed by atoms with Crippen molar-refractivity contribution in [2.24, 2.45) is 5.92 Å². The van der Waals surface area contributed by atoms with Crippen LogP contribution >= 0.6 is 34.5 Å². The predicted octanol–water partition coefficient (Wildman–Crippen LogP) is 3.78. The number of carbonyl (C=O) groups is 4. The number of carboxylic acid groups (broad SMARTS) is 1. The van der Waals surface area contributed by atoms with Gasteiger partial charge in [0.15, 0.2) is 0 Å². The zero-order valence-corrected chi connectivity index (χ0v) is 21.2. The molecule has 3 N–H and O–H groups in total. The third-order valence-electron chi connectivity index (χ3n) is 5.68. The highest BCUT2D eigenvalue weighted by Crippen LogP contribution is 2.37. The van der Waals surface area contributed by atoms with Crippen molar-refractivity contribution in [3.8, 4) is 0 Å². The van der Waals surface area contributed by atoms with Crippen LogP contribution < -0.4 is 10.6 Å². The maximum absolute atomic E-state index is 12.7. The second kappa shape index (κ2) is 12.2. The number of thiophene rings is 1. The number of hydrogen-bond acceptors (Lipinski definition) is 6. The molecule has 35 heavy (non-hydrogen) atoms. The number of methoxy groups -OCH3 is 1. The van der Waals surface area contributed by atoms with E-state index in [9.17, 15) is 19.2 Å². The van der Waals surface area contributed by atoms with Crippen LogP contribution in [0.25, 0.3) is 16.2 Å². The molecule has 0 saturated carbocycles. The molecule has 2 heterocycles. The Labute approximate surface area is 216 Å². The number of ether oxygens (including phenoxy) is 1. The van der Waals surface area contributed by atoms with Gasteiger partial charge >= 0.3 is 12.1 Å². The maximum atomic E-state index is 12.7. The molecule has 188 valence electrons. The predicted molar refractivity (Wildman–Crippen MR) is 135 cm³/mol. The number of nitrogens with one attached hydrogen (secondary N) is 2. The Bertz CT molecular complexity index is 1140. The Kier molecular flexibility index (Phi) is 9.36. The van der Waals surface area contributed by atoms with Crippen LogP contribution in [0, 0.1) is 5.92 Å². The van der Waals surface area contributed by atoms with E-state index in [-0.39, 0.29) is 18.5 Å². The van der Waals surface area contributed by atoms with Crippen molar-refractivity contribution in [1.82, 2.24) is 15.5 Å². The molecule has 3 rings (SSSR count). The fourth-order valence-corrected chi connectivity index (χ4v) is 5.21. The van der Waals surface area contributed by atoms with Crippen LogP contribution in [0.15, 0.2) is 23.6 Å². The average Bonchev–Trinajstić information content (AvgIpc) is 3.31. The number of fused-ring (bicyclic) bond motifs is 1. The Morgan fingerprint density at radius 2 is 1.97 bits per heavy atom. The van der Waals surface area contributed by atoms with Crippen molar-refractivity contribution in [2.45, 2.75) is 25.3 Å². The van der Waals surface area contributed by atoms with Gasteiger partial charge in [0.1, 0.15) is 0 Å². The van der Waals surface area contributed by atoms with Crippen LogP contribution in [0.4, 0.5) is 4.79 Å². The van der Waals surface area contributed by atoms with Crippen LogP contribution in [0.1, 0.15) is 24.8 Å². The largest absolute Gasteiger partial charge is 0.481 e. The first kappa shape index (κ1) is 26.8. The van der Waals surface area contributed by atoms with Crippen LogP contribution in [-0.2, 0) is 19.1 Å². The average molecular weight is 542 g/mol. The van der Waals surface area contributed by atoms with Crippen molar-refractivity contribution in [1.29, 1.82) is 0 Å². The number of benzene rings is 1. The van der Waals surface area contributed by atoms with Crippen molar-refractivity contribution < 1.29 is 29.0 Å². The zero-order chi connectivity index (χ0) is 25.5. The lowest BCUT2D eigenvalue weighted by Gasteiger charge is -2.32. The highest BCUT2D eigenvalue weighted by Gasteiger charge is 2.27. The molecule has 1 aliphatic rings. The number of likely N-dealkylation sites (tertiary alicyclic amines) is 1. The lowest BCUT2D eigenvalue weighted by Crippen LogP contribution is -2.49. The number of hydrogen-bond donors (Lipinski definition) is 3. The van der Waals surface area contributed by atoms with Crippen LogP contribution in [-0.4, -0.2) is 66.7 Å². The van der Waals surface area contributed by atoms with E-state index in [4.69, 9.17) is 28.3 Å². The molecule has 2 aromatic rings. The van der Waals surface area contributed by atoms with Gasteiger partial charge in [-0.2, -0.15) is 0 Å². The monoisotopic (exact) mass is 541 g/mol. The molecule has 0 spiro atoms. The molecular formula is C23H25Cl2N3O6S. The molecule has 12 heteroatoms. The number of rotatable bonds is 8. The summed E-state index contributed by atoms with van der Waals surface area (Å²) in [6, 6.07) is 3.61. The molecule has 9 nitrogen and oxygen atoms in total. The number of amides is 3. The number of halogens is 2. The molecule has 1 saturated heterocycles. The molecule has 0 bridgehead atoms. The molecule has 1 fully saturated rings. The minimum absolute atomic E-state index is 0.156. The third kappa shape index (κ3) is 7.09. The normalized spacial score (nSPS) is 15.2. The molecular weight excluding hydrogens is 517 g/mol. The molecule has 0 radical (unpaired) electrons. The van der Waals surface area contributed by atoms with Crippen LogP contribution in [0.2, 0.25) is 10.0 Å². The Balaban J connectivity index is 1.53. The lowest BCUT2D eigenvalue weighted by atomic mass is 10.0. The van der Waals surface area contributed by atoms with Crippen molar-refractivity contribution in [3.63, 3.8) is 0 Å². The van der Waals surface area contributed by atoms with Gasteiger partial charge in [0.05, 0.1) is 34.2 Å². The molecule has 1 atom stereocenters. The number of piperidine rings is 1. The van der Waals surface area contributed by atoms with Gasteiger partial charge in [-0.05, 0) is 47.4 Å². The highest BCUT2D eigenvalue weighted by molar-refractivity contribution is 7.18. The van der Waals surface area contributed by atoms with Crippen molar-refractivity contribution >= 4 is 74.6 Å². The first-order valence-electron chi connectivity index (χ1n) is 10.9. The smallest absolute Gasteiger partial charge is 0.406 e. The van der Waals surface area contributed by atoms with Gasteiger partial charge in [-0.1, -0.05) is 23.2 Å². The summed E-state index contributed by atoms with van der Waals surface area (Å²) in [5, 5.41) is 18.0. The second-order valence-electron chi connectivity index (χ2n) is 8.04. The lowest BCUT2D eigenvalue weighted by molar-refractivity contribution is -0.141. The van der Waals surface area contributed by atoms with Gasteiger partial charge in [0.2, 0.25) is 11.8 Å². The van der Waals surface area contributed by atoms with Gasteiger partial charge in [-0.25, -0.2) is 4.79 Å². The van der Waals surface area contributed by atoms with E-state index < -0.39 is 30.3 Å². The molecule has 1 unspecified atom stereocenters. The van der Waals surface area contributed by atoms with E-state index in [0.717, 1.165) is 10.1 Å². The summed E-state index contributed by atoms with van der Waals surface area (Å²) in [6.45, 7) is 0.697. The van der Waals surface area contributed by atoms with Crippen LogP contribution in [0.5, 0.6) is 0 Å². The summed E-state index contributed by atoms with van der Waals surface area (Å²) < 4.78 is 5.36. The van der Waals surface area contributed by atoms with E-state index in [1.807, 2.05) is 17.5 Å². The molecule has 1 aromatic heterocycles. The molecule has 1 aliphatic heterocycles. The summed E-state index contributed by atoms with van der Waals surface area (Å²) >= 11 is 14.2. The summed E-state index contributed by atoms with van der Waals surface area (Å²) in [4.78, 5) is 49.3. The number of carbonyl (C=O) groups excluding carboxylic acids is 3. The van der Waals surface area contributed by atoms with Crippen molar-refractivity contribution in [3.05, 3.63) is 39.2 Å². The van der Waals surface area contributed by atoms with Gasteiger partial charge in [0.25, 0.3) is 0 Å². The topological polar surface area (TPSA) is 125 Å². The van der Waals surface area contributed by atoms with Gasteiger partial charge in [-0.3, -0.25) is 14.4 Å². The maximum Gasteiger partial charge on any atom is 0.406 e. The Morgan fingerprint density at radius 1 is 1.26 bits per heavy atom. The summed E-state index contributed by atoms with van der Waals surface area (Å²) in [5.41, 5.74) is 0.656. The fraction of sp³-hybridized carbons (Fsp3) is 0.391. The second-order valence-corrected chi connectivity index (χ2v) is 9.71. The molecule has 1 aromatic carbocycles. The van der Waals surface area contributed by atoms with Gasteiger partial charge in [-0.15, -0.1) is 11.3 Å². The summed E-state index contributed by atoms with van der Waals surface area (Å²) in [5.74, 6) is -2.74. The van der Waals surface area contributed by atoms with E-state index in [1.54, 1.807) is 11.0 Å². The van der Waals surface area contributed by atoms with E-state index in [1.165, 1.54) is 24.5 Å². The first-order chi connectivity index (χ1) is 16.7. The van der Waals surface area contributed by atoms with Crippen LogP contribution in [0.3, 0.4) is 0 Å². The number of nitrogens with zero attached hydrogens (tertiary/aromatic N) is 1. The summed E-state index contributed by atoms with van der Waals surface area (Å²) in [6.07, 6.45) is 2.96. The Morgan fingerprint density at radius 3 is 2.63 bits per heavy atom. The van der Waals surface area contributed by atoms with E-state index in [0.29, 0.717) is 41.5 Å². The quantitative estimate of drug-likeness (QED) is 0.436. The minimum atomic E-state index is -1.15. The Hall–Kier alpha value is -2.82. The summed E-state index contributed by atoms with van der Waals surface area (Å²) in [7, 11) is 1.18. The fourth-order valence-electron chi connectivity index (χ4n) is 3.77. The van der Waals surface area contributed by atoms with Gasteiger partial charge in [0, 0.05) is 31.8 Å². The van der Waals surface area contributed by atoms with Crippen molar-refractivity contribution in [2.75, 3.05) is 26.7 Å². The SMILES string of the molecule is COC(=O)NCC(CC(=O)O)C(=O)NC1CCN(C(=O)C=Cc2cc3ccsc3c(Cl)c2Cl)CC1. The number of alkyl carbamates (subject to hydrolysis) is 1.